The lowest BCUT2D eigenvalue weighted by molar-refractivity contribution is 0.143. The Morgan fingerprint density at radius 1 is 1.04 bits per heavy atom. The number of nitrogens with one attached hydrogen (secondary N) is 1. The van der Waals surface area contributed by atoms with Gasteiger partial charge in [0.05, 0.1) is 12.1 Å². The van der Waals surface area contributed by atoms with E-state index >= 15 is 0 Å². The minimum absolute atomic E-state index is 0.258. The average molecular weight is 324 g/mol. The van der Waals surface area contributed by atoms with Crippen LogP contribution < -0.4 is 5.32 Å². The molecule has 24 heavy (non-hydrogen) atoms. The molecule has 3 N–H and O–H groups in total. The molecule has 1 aliphatic heterocycles. The highest BCUT2D eigenvalue weighted by Crippen LogP contribution is 2.44. The van der Waals surface area contributed by atoms with E-state index in [4.69, 9.17) is 5.11 Å². The molecule has 0 unspecified atom stereocenters. The number of benzene rings is 2. The third kappa shape index (κ3) is 2.56. The van der Waals surface area contributed by atoms with E-state index in [-0.39, 0.29) is 5.92 Å². The molecule has 4 rings (SSSR count). The number of hydrogen-bond acceptors (Lipinski definition) is 3. The maximum absolute atomic E-state index is 10.8. The summed E-state index contributed by atoms with van der Waals surface area (Å²) in [5.74, 6) is 0.258. The Morgan fingerprint density at radius 3 is 2.21 bits per heavy atom. The van der Waals surface area contributed by atoms with Crippen molar-refractivity contribution in [1.29, 1.82) is 0 Å². The van der Waals surface area contributed by atoms with E-state index in [9.17, 15) is 9.90 Å². The van der Waals surface area contributed by atoms with Crippen LogP contribution in [0.3, 0.4) is 0 Å². The molecule has 0 aromatic heterocycles. The van der Waals surface area contributed by atoms with Crippen molar-refractivity contribution in [2.45, 2.75) is 18.1 Å². The van der Waals surface area contributed by atoms with Gasteiger partial charge < -0.3 is 15.5 Å². The minimum Gasteiger partial charge on any atom is -0.465 e. The Morgan fingerprint density at radius 2 is 1.62 bits per heavy atom. The first-order valence-corrected chi connectivity index (χ1v) is 8.21. The summed E-state index contributed by atoms with van der Waals surface area (Å²) in [7, 11) is 0. The summed E-state index contributed by atoms with van der Waals surface area (Å²) in [6, 6.07) is 16.5. The molecule has 124 valence electrons. The first-order valence-electron chi connectivity index (χ1n) is 8.21. The van der Waals surface area contributed by atoms with E-state index < -0.39 is 18.2 Å². The Bertz CT molecular complexity index is 731. The van der Waals surface area contributed by atoms with Crippen LogP contribution in [0.5, 0.6) is 0 Å². The Kier molecular flexibility index (Phi) is 3.75. The van der Waals surface area contributed by atoms with Crippen LogP contribution >= 0.6 is 0 Å². The summed E-state index contributed by atoms with van der Waals surface area (Å²) in [5, 5.41) is 21.4. The predicted octanol–water partition coefficient (Wildman–Crippen LogP) is 2.11. The standard InChI is InChI=1S/C19H20N2O3/c22-18-11-21(10-17(18)20-19(23)24)9-16-14-7-3-1-5-12(14)13-6-2-4-8-15(13)16/h1-8,16-18,20,22H,9-11H2,(H,23,24)/t17-,18-/m1/s1. The van der Waals surface area contributed by atoms with Gasteiger partial charge in [-0.25, -0.2) is 4.79 Å². The van der Waals surface area contributed by atoms with Crippen molar-refractivity contribution in [2.24, 2.45) is 0 Å². The van der Waals surface area contributed by atoms with Crippen molar-refractivity contribution in [1.82, 2.24) is 10.2 Å². The summed E-state index contributed by atoms with van der Waals surface area (Å²) in [6.07, 6.45) is -1.74. The average Bonchev–Trinajstić information content (AvgIpc) is 3.07. The highest BCUT2D eigenvalue weighted by molar-refractivity contribution is 5.78. The molecule has 5 nitrogen and oxygen atoms in total. The summed E-state index contributed by atoms with van der Waals surface area (Å²) >= 11 is 0. The number of carbonyl (C=O) groups is 1. The molecule has 1 heterocycles. The molecule has 0 bridgehead atoms. The molecular weight excluding hydrogens is 304 g/mol. The van der Waals surface area contributed by atoms with Crippen molar-refractivity contribution in [2.75, 3.05) is 19.6 Å². The van der Waals surface area contributed by atoms with E-state index in [0.717, 1.165) is 6.54 Å². The maximum atomic E-state index is 10.8. The zero-order chi connectivity index (χ0) is 16.7. The molecule has 2 atom stereocenters. The van der Waals surface area contributed by atoms with Gasteiger partial charge in [0.15, 0.2) is 0 Å². The van der Waals surface area contributed by atoms with Crippen LogP contribution in [0.15, 0.2) is 48.5 Å². The zero-order valence-electron chi connectivity index (χ0n) is 13.2. The van der Waals surface area contributed by atoms with E-state index in [1.807, 2.05) is 0 Å². The van der Waals surface area contributed by atoms with Crippen molar-refractivity contribution in [3.63, 3.8) is 0 Å². The molecule has 1 aliphatic carbocycles. The molecule has 1 fully saturated rings. The largest absolute Gasteiger partial charge is 0.465 e. The van der Waals surface area contributed by atoms with Gasteiger partial charge in [0.1, 0.15) is 0 Å². The van der Waals surface area contributed by atoms with E-state index in [1.54, 1.807) is 0 Å². The van der Waals surface area contributed by atoms with Gasteiger partial charge in [-0.3, -0.25) is 4.90 Å². The van der Waals surface area contributed by atoms with Gasteiger partial charge in [0, 0.05) is 25.6 Å². The molecule has 2 aromatic carbocycles. The summed E-state index contributed by atoms with van der Waals surface area (Å²) in [6.45, 7) is 1.81. The van der Waals surface area contributed by atoms with Crippen LogP contribution in [-0.4, -0.2) is 53.0 Å². The smallest absolute Gasteiger partial charge is 0.405 e. The highest BCUT2D eigenvalue weighted by atomic mass is 16.4. The maximum Gasteiger partial charge on any atom is 0.405 e. The molecule has 0 spiro atoms. The third-order valence-corrected chi connectivity index (χ3v) is 5.08. The molecule has 1 saturated heterocycles. The number of nitrogens with zero attached hydrogens (tertiary/aromatic N) is 1. The molecule has 5 heteroatoms. The summed E-state index contributed by atoms with van der Waals surface area (Å²) < 4.78 is 0. The monoisotopic (exact) mass is 324 g/mol. The molecular formula is C19H20N2O3. The number of β-amino-alcohol motifs (C(OH)–C–C–N with tert-alkyl or cyclic N) is 1. The second-order valence-electron chi connectivity index (χ2n) is 6.57. The predicted molar refractivity (Wildman–Crippen MR) is 91.1 cm³/mol. The van der Waals surface area contributed by atoms with Crippen LogP contribution in [0, 0.1) is 0 Å². The second kappa shape index (κ2) is 5.92. The number of aliphatic hydroxyl groups excluding tert-OH is 1. The quantitative estimate of drug-likeness (QED) is 0.808. The number of aliphatic hydroxyl groups is 1. The minimum atomic E-state index is -1.09. The van der Waals surface area contributed by atoms with Gasteiger partial charge >= 0.3 is 6.09 Å². The van der Waals surface area contributed by atoms with Gasteiger partial charge in [-0.15, -0.1) is 0 Å². The van der Waals surface area contributed by atoms with Crippen molar-refractivity contribution >= 4 is 6.09 Å². The SMILES string of the molecule is O=C(O)N[C@@H]1CN(CC2c3ccccc3-c3ccccc32)C[C@H]1O. The third-order valence-electron chi connectivity index (χ3n) is 5.08. The van der Waals surface area contributed by atoms with Gasteiger partial charge in [-0.2, -0.15) is 0 Å². The van der Waals surface area contributed by atoms with Crippen molar-refractivity contribution in [3.8, 4) is 11.1 Å². The molecule has 0 radical (unpaired) electrons. The summed E-state index contributed by atoms with van der Waals surface area (Å²) in [4.78, 5) is 13.0. The lowest BCUT2D eigenvalue weighted by Crippen LogP contribution is -2.42. The van der Waals surface area contributed by atoms with Gasteiger partial charge in [-0.1, -0.05) is 48.5 Å². The summed E-state index contributed by atoms with van der Waals surface area (Å²) in [5.41, 5.74) is 5.17. The van der Waals surface area contributed by atoms with Crippen LogP contribution in [0.25, 0.3) is 11.1 Å². The van der Waals surface area contributed by atoms with Crippen LogP contribution in [-0.2, 0) is 0 Å². The normalized spacial score (nSPS) is 23.0. The molecule has 2 aromatic rings. The van der Waals surface area contributed by atoms with Crippen molar-refractivity contribution in [3.05, 3.63) is 59.7 Å². The lowest BCUT2D eigenvalue weighted by atomic mass is 9.96. The molecule has 1 amide bonds. The second-order valence-corrected chi connectivity index (χ2v) is 6.57. The fourth-order valence-electron chi connectivity index (χ4n) is 4.03. The fraction of sp³-hybridized carbons (Fsp3) is 0.316. The number of carboxylic acid groups (broad SMARTS) is 1. The lowest BCUT2D eigenvalue weighted by Gasteiger charge is -2.22. The molecule has 2 aliphatic rings. The van der Waals surface area contributed by atoms with Gasteiger partial charge in [0.25, 0.3) is 0 Å². The van der Waals surface area contributed by atoms with E-state index in [0.29, 0.717) is 13.1 Å². The number of rotatable bonds is 3. The zero-order valence-corrected chi connectivity index (χ0v) is 13.2. The Hall–Kier alpha value is -2.37. The highest BCUT2D eigenvalue weighted by Gasteiger charge is 2.36. The van der Waals surface area contributed by atoms with E-state index in [2.05, 4.69) is 58.7 Å². The molecule has 0 saturated carbocycles. The number of likely N-dealkylation sites (tertiary alicyclic amines) is 1. The van der Waals surface area contributed by atoms with Gasteiger partial charge in [0.2, 0.25) is 0 Å². The first-order chi connectivity index (χ1) is 11.6. The number of amides is 1. The van der Waals surface area contributed by atoms with E-state index in [1.165, 1.54) is 22.3 Å². The Balaban J connectivity index is 1.58. The first kappa shape index (κ1) is 15.2. The topological polar surface area (TPSA) is 72.8 Å². The van der Waals surface area contributed by atoms with Crippen LogP contribution in [0.4, 0.5) is 4.79 Å². The van der Waals surface area contributed by atoms with Crippen molar-refractivity contribution < 1.29 is 15.0 Å². The number of fused-ring (bicyclic) bond motifs is 3. The number of hydrogen-bond donors (Lipinski definition) is 3. The Labute approximate surface area is 140 Å². The van der Waals surface area contributed by atoms with Gasteiger partial charge in [-0.05, 0) is 22.3 Å². The van der Waals surface area contributed by atoms with Crippen LogP contribution in [0.2, 0.25) is 0 Å². The van der Waals surface area contributed by atoms with Crippen LogP contribution in [0.1, 0.15) is 17.0 Å². The fourth-order valence-corrected chi connectivity index (χ4v) is 4.03.